The number of aromatic amines is 1. The van der Waals surface area contributed by atoms with Crippen LogP contribution >= 0.6 is 0 Å². The van der Waals surface area contributed by atoms with Crippen molar-refractivity contribution in [2.24, 2.45) is 5.92 Å². The van der Waals surface area contributed by atoms with Gasteiger partial charge in [-0.05, 0) is 44.5 Å². The van der Waals surface area contributed by atoms with Crippen LogP contribution < -0.4 is 16.0 Å². The molecule has 0 aliphatic carbocycles. The van der Waals surface area contributed by atoms with Gasteiger partial charge in [-0.1, -0.05) is 0 Å². The Morgan fingerprint density at radius 2 is 2.07 bits per heavy atom. The Bertz CT molecular complexity index is 951. The second kappa shape index (κ2) is 8.52. The maximum absolute atomic E-state index is 13.6. The number of ketones is 1. The number of methoxy groups -OCH3 is 1. The van der Waals surface area contributed by atoms with Gasteiger partial charge in [-0.3, -0.25) is 14.2 Å². The number of Topliss-reactive ketones (excluding diaryl/α,β-unsaturated/α-hetero) is 1. The first kappa shape index (κ1) is 20.0. The van der Waals surface area contributed by atoms with Crippen molar-refractivity contribution < 1.29 is 13.9 Å². The van der Waals surface area contributed by atoms with Crippen molar-refractivity contribution in [2.75, 3.05) is 26.7 Å². The Hall–Kier alpha value is -2.74. The van der Waals surface area contributed by atoms with Crippen molar-refractivity contribution >= 4 is 5.78 Å². The number of aryl methyl sites for hydroxylation is 1. The molecule has 0 unspecified atom stereocenters. The lowest BCUT2D eigenvalue weighted by molar-refractivity contribution is 0.0811. The van der Waals surface area contributed by atoms with Crippen LogP contribution in [0.4, 0.5) is 4.39 Å². The number of ether oxygens (including phenoxy) is 1. The number of hydrogen-bond donors (Lipinski definition) is 1. The van der Waals surface area contributed by atoms with Gasteiger partial charge in [-0.25, -0.2) is 9.18 Å². The standard InChI is InChI=1S/C20H24FN3O4/c1-13-10-18(25)24(20(27)22-13)9-8-23-7-3-4-14(12-23)19(26)16-11-15(21)5-6-17(16)28-2/h5-6,10-11,14H,3-4,7-9,12H2,1-2H3,(H,22,27)/t14-/m0/s1. The fraction of sp³-hybridized carbons (Fsp3) is 0.450. The van der Waals surface area contributed by atoms with E-state index < -0.39 is 11.5 Å². The minimum Gasteiger partial charge on any atom is -0.496 e. The summed E-state index contributed by atoms with van der Waals surface area (Å²) in [6.07, 6.45) is 1.52. The van der Waals surface area contributed by atoms with Gasteiger partial charge < -0.3 is 14.6 Å². The predicted molar refractivity (Wildman–Crippen MR) is 103 cm³/mol. The average Bonchev–Trinajstić information content (AvgIpc) is 2.66. The molecule has 1 N–H and O–H groups in total. The molecular formula is C20H24FN3O4. The monoisotopic (exact) mass is 389 g/mol. The second-order valence-corrected chi connectivity index (χ2v) is 7.10. The Labute approximate surface area is 161 Å². The van der Waals surface area contributed by atoms with Crippen LogP contribution in [0.2, 0.25) is 0 Å². The molecule has 7 nitrogen and oxygen atoms in total. The van der Waals surface area contributed by atoms with Gasteiger partial charge >= 0.3 is 5.69 Å². The Morgan fingerprint density at radius 3 is 2.79 bits per heavy atom. The molecule has 0 saturated carbocycles. The van der Waals surface area contributed by atoms with Crippen LogP contribution in [0, 0.1) is 18.7 Å². The van der Waals surface area contributed by atoms with Gasteiger partial charge in [0.2, 0.25) is 0 Å². The molecule has 1 aromatic carbocycles. The van der Waals surface area contributed by atoms with Gasteiger partial charge in [0.1, 0.15) is 11.6 Å². The number of likely N-dealkylation sites (tertiary alicyclic amines) is 1. The van der Waals surface area contributed by atoms with E-state index in [1.165, 1.54) is 31.4 Å². The van der Waals surface area contributed by atoms with Crippen LogP contribution in [-0.4, -0.2) is 47.0 Å². The van der Waals surface area contributed by atoms with Crippen LogP contribution in [0.15, 0.2) is 33.9 Å². The summed E-state index contributed by atoms with van der Waals surface area (Å²) in [5, 5.41) is 0. The number of benzene rings is 1. The molecule has 28 heavy (non-hydrogen) atoms. The molecule has 0 spiro atoms. The maximum atomic E-state index is 13.6. The number of rotatable bonds is 6. The predicted octanol–water partition coefficient (Wildman–Crippen LogP) is 1.59. The molecule has 0 radical (unpaired) electrons. The van der Waals surface area contributed by atoms with E-state index >= 15 is 0 Å². The number of carbonyl (C=O) groups excluding carboxylic acids is 1. The third kappa shape index (κ3) is 4.39. The zero-order chi connectivity index (χ0) is 20.3. The van der Waals surface area contributed by atoms with Crippen LogP contribution in [-0.2, 0) is 6.54 Å². The first-order valence-electron chi connectivity index (χ1n) is 9.30. The van der Waals surface area contributed by atoms with E-state index in [9.17, 15) is 18.8 Å². The summed E-state index contributed by atoms with van der Waals surface area (Å²) in [5.41, 5.74) is 0.00832. The lowest BCUT2D eigenvalue weighted by atomic mass is 9.89. The molecule has 2 heterocycles. The number of halogens is 1. The smallest absolute Gasteiger partial charge is 0.328 e. The van der Waals surface area contributed by atoms with Crippen LogP contribution in [0.25, 0.3) is 0 Å². The zero-order valence-corrected chi connectivity index (χ0v) is 16.0. The summed E-state index contributed by atoms with van der Waals surface area (Å²) in [6, 6.07) is 5.32. The number of carbonyl (C=O) groups is 1. The van der Waals surface area contributed by atoms with E-state index in [0.717, 1.165) is 17.5 Å². The van der Waals surface area contributed by atoms with Gasteiger partial charge in [0.05, 0.1) is 12.7 Å². The summed E-state index contributed by atoms with van der Waals surface area (Å²) < 4.78 is 20.0. The largest absolute Gasteiger partial charge is 0.496 e. The topological polar surface area (TPSA) is 84.4 Å². The fourth-order valence-corrected chi connectivity index (χ4v) is 3.65. The third-order valence-electron chi connectivity index (χ3n) is 5.10. The van der Waals surface area contributed by atoms with E-state index in [-0.39, 0.29) is 29.4 Å². The number of nitrogens with one attached hydrogen (secondary N) is 1. The molecule has 150 valence electrons. The number of H-pyrrole nitrogens is 1. The van der Waals surface area contributed by atoms with Crippen molar-refractivity contribution in [3.8, 4) is 5.75 Å². The lowest BCUT2D eigenvalue weighted by Gasteiger charge is -2.32. The van der Waals surface area contributed by atoms with E-state index in [1.54, 1.807) is 6.92 Å². The maximum Gasteiger partial charge on any atom is 0.328 e. The molecule has 2 aromatic rings. The highest BCUT2D eigenvalue weighted by molar-refractivity contribution is 6.00. The van der Waals surface area contributed by atoms with Crippen LogP contribution in [0.5, 0.6) is 5.75 Å². The Kier molecular flexibility index (Phi) is 6.08. The fourth-order valence-electron chi connectivity index (χ4n) is 3.65. The van der Waals surface area contributed by atoms with E-state index in [0.29, 0.717) is 31.0 Å². The van der Waals surface area contributed by atoms with Crippen molar-refractivity contribution in [1.29, 1.82) is 0 Å². The first-order valence-corrected chi connectivity index (χ1v) is 9.30. The highest BCUT2D eigenvalue weighted by Gasteiger charge is 2.28. The van der Waals surface area contributed by atoms with Crippen molar-refractivity contribution in [1.82, 2.24) is 14.5 Å². The molecule has 1 atom stereocenters. The van der Waals surface area contributed by atoms with Crippen molar-refractivity contribution in [3.05, 3.63) is 62.2 Å². The van der Waals surface area contributed by atoms with E-state index in [2.05, 4.69) is 9.88 Å². The first-order chi connectivity index (χ1) is 13.4. The van der Waals surface area contributed by atoms with E-state index in [4.69, 9.17) is 4.74 Å². The highest BCUT2D eigenvalue weighted by atomic mass is 19.1. The zero-order valence-electron chi connectivity index (χ0n) is 16.0. The molecule has 0 bridgehead atoms. The second-order valence-electron chi connectivity index (χ2n) is 7.10. The molecule has 1 fully saturated rings. The molecule has 1 aromatic heterocycles. The van der Waals surface area contributed by atoms with E-state index in [1.807, 2.05) is 0 Å². The number of piperidine rings is 1. The molecule has 1 aliphatic rings. The quantitative estimate of drug-likeness (QED) is 0.759. The minimum atomic E-state index is -0.477. The van der Waals surface area contributed by atoms with Gasteiger partial charge in [0.15, 0.2) is 5.78 Å². The molecule has 1 aliphatic heterocycles. The molecule has 0 amide bonds. The van der Waals surface area contributed by atoms with Crippen LogP contribution in [0.1, 0.15) is 28.9 Å². The third-order valence-corrected chi connectivity index (χ3v) is 5.10. The lowest BCUT2D eigenvalue weighted by Crippen LogP contribution is -2.43. The average molecular weight is 389 g/mol. The highest BCUT2D eigenvalue weighted by Crippen LogP contribution is 2.27. The summed E-state index contributed by atoms with van der Waals surface area (Å²) in [6.45, 7) is 3.67. The van der Waals surface area contributed by atoms with Crippen molar-refractivity contribution in [2.45, 2.75) is 26.3 Å². The van der Waals surface area contributed by atoms with Gasteiger partial charge in [-0.15, -0.1) is 0 Å². The molecule has 3 rings (SSSR count). The summed E-state index contributed by atoms with van der Waals surface area (Å²) in [4.78, 5) is 41.6. The van der Waals surface area contributed by atoms with Crippen molar-refractivity contribution in [3.63, 3.8) is 0 Å². The summed E-state index contributed by atoms with van der Waals surface area (Å²) in [7, 11) is 1.45. The number of hydrogen-bond acceptors (Lipinski definition) is 5. The van der Waals surface area contributed by atoms with Gasteiger partial charge in [0.25, 0.3) is 5.56 Å². The Morgan fingerprint density at radius 1 is 1.29 bits per heavy atom. The summed E-state index contributed by atoms with van der Waals surface area (Å²) in [5.74, 6) is -0.542. The SMILES string of the molecule is COc1ccc(F)cc1C(=O)[C@H]1CCCN(CCn2c(=O)cc(C)[nH]c2=O)C1. The van der Waals surface area contributed by atoms with Gasteiger partial charge in [0, 0.05) is 37.3 Å². The molecule has 8 heteroatoms. The number of aromatic nitrogens is 2. The molecule has 1 saturated heterocycles. The Balaban J connectivity index is 1.69. The van der Waals surface area contributed by atoms with Gasteiger partial charge in [-0.2, -0.15) is 0 Å². The normalized spacial score (nSPS) is 17.5. The summed E-state index contributed by atoms with van der Waals surface area (Å²) >= 11 is 0. The minimum absolute atomic E-state index is 0.147. The van der Waals surface area contributed by atoms with Crippen LogP contribution in [0.3, 0.4) is 0 Å². The number of nitrogens with zero attached hydrogens (tertiary/aromatic N) is 2. The molecular weight excluding hydrogens is 365 g/mol.